The molecule has 0 radical (unpaired) electrons. The van der Waals surface area contributed by atoms with Crippen LogP contribution in [0.25, 0.3) is 5.57 Å². The molecule has 1 aromatic rings. The van der Waals surface area contributed by atoms with E-state index >= 15 is 0 Å². The quantitative estimate of drug-likeness (QED) is 0.738. The van der Waals surface area contributed by atoms with E-state index in [-0.39, 0.29) is 18.6 Å². The molecule has 2 N–H and O–H groups in total. The number of hydrogen-bond acceptors (Lipinski definition) is 4. The summed E-state index contributed by atoms with van der Waals surface area (Å²) in [6.45, 7) is 5.38. The van der Waals surface area contributed by atoms with E-state index in [1.54, 1.807) is 30.4 Å². The van der Waals surface area contributed by atoms with Gasteiger partial charge in [-0.2, -0.15) is 0 Å². The first-order chi connectivity index (χ1) is 11.8. The number of methoxy groups -OCH3 is 1. The number of carbonyl (C=O) groups is 2. The minimum absolute atomic E-state index is 0.0479. The fraction of sp³-hybridized carbons (Fsp3) is 0.263. The van der Waals surface area contributed by atoms with Gasteiger partial charge in [0, 0.05) is 5.57 Å². The maximum atomic E-state index is 11.6. The monoisotopic (exact) mass is 344 g/mol. The molecule has 1 aliphatic carbocycles. The Kier molecular flexibility index (Phi) is 5.32. The highest BCUT2D eigenvalue weighted by atomic mass is 16.5. The molecule has 2 rings (SSSR count). The molecule has 6 nitrogen and oxygen atoms in total. The van der Waals surface area contributed by atoms with Crippen molar-refractivity contribution in [2.75, 3.05) is 13.7 Å². The number of allylic oxidation sites excluding steroid dienone is 2. The molecule has 0 amide bonds. The zero-order chi connectivity index (χ0) is 18.6. The summed E-state index contributed by atoms with van der Waals surface area (Å²) in [7, 11) is 1.51. The Morgan fingerprint density at radius 3 is 2.60 bits per heavy atom. The van der Waals surface area contributed by atoms with Crippen LogP contribution in [-0.4, -0.2) is 35.9 Å². The first-order valence-electron chi connectivity index (χ1n) is 7.63. The Bertz CT molecular complexity index is 774. The highest BCUT2D eigenvalue weighted by Crippen LogP contribution is 2.39. The lowest BCUT2D eigenvalue weighted by Gasteiger charge is -2.26. The van der Waals surface area contributed by atoms with Crippen molar-refractivity contribution in [3.63, 3.8) is 0 Å². The van der Waals surface area contributed by atoms with Crippen LogP contribution >= 0.6 is 0 Å². The molecule has 1 unspecified atom stereocenters. The predicted octanol–water partition coefficient (Wildman–Crippen LogP) is 3.15. The lowest BCUT2D eigenvalue weighted by molar-refractivity contribution is -0.145. The van der Waals surface area contributed by atoms with Crippen molar-refractivity contribution in [3.8, 4) is 11.5 Å². The number of benzene rings is 1. The summed E-state index contributed by atoms with van der Waals surface area (Å²) in [5, 5.41) is 18.8. The molecular weight excluding hydrogens is 324 g/mol. The zero-order valence-electron chi connectivity index (χ0n) is 14.1. The number of hydrogen-bond donors (Lipinski definition) is 2. The standard InChI is InChI=1S/C19H20O6/c1-4-7-25-16-9-12(5-6-15(16)24-3)13-8-14(17(20)21)11-19(2,10-13)18(22)23/h4-6,8-10H,1,7,11H2,2-3H3,(H,20,21)(H,22,23). The largest absolute Gasteiger partial charge is 0.493 e. The molecule has 0 saturated carbocycles. The third kappa shape index (κ3) is 3.91. The van der Waals surface area contributed by atoms with E-state index in [4.69, 9.17) is 9.47 Å². The second kappa shape index (κ2) is 7.25. The van der Waals surface area contributed by atoms with E-state index in [0.29, 0.717) is 22.6 Å². The smallest absolute Gasteiger partial charge is 0.331 e. The van der Waals surface area contributed by atoms with Gasteiger partial charge in [0.25, 0.3) is 0 Å². The maximum Gasteiger partial charge on any atom is 0.331 e. The SMILES string of the molecule is C=CCOc1cc(C2=CC(C)(C(=O)O)CC(C(=O)O)=C2)ccc1OC. The van der Waals surface area contributed by atoms with E-state index in [1.807, 2.05) is 0 Å². The summed E-state index contributed by atoms with van der Waals surface area (Å²) in [6, 6.07) is 5.11. The molecule has 0 aromatic heterocycles. The van der Waals surface area contributed by atoms with Gasteiger partial charge < -0.3 is 19.7 Å². The van der Waals surface area contributed by atoms with Crippen molar-refractivity contribution >= 4 is 17.5 Å². The fourth-order valence-corrected chi connectivity index (χ4v) is 2.63. The number of carboxylic acid groups (broad SMARTS) is 2. The van der Waals surface area contributed by atoms with Crippen molar-refractivity contribution in [2.24, 2.45) is 5.41 Å². The van der Waals surface area contributed by atoms with Crippen molar-refractivity contribution in [1.29, 1.82) is 0 Å². The molecule has 0 aliphatic heterocycles. The van der Waals surface area contributed by atoms with Gasteiger partial charge in [-0.05, 0) is 42.7 Å². The van der Waals surface area contributed by atoms with Gasteiger partial charge in [-0.15, -0.1) is 0 Å². The normalized spacial score (nSPS) is 19.4. The summed E-state index contributed by atoms with van der Waals surface area (Å²) in [5.74, 6) is -1.22. The molecule has 6 heteroatoms. The van der Waals surface area contributed by atoms with Gasteiger partial charge in [-0.3, -0.25) is 4.79 Å². The van der Waals surface area contributed by atoms with Crippen molar-refractivity contribution in [2.45, 2.75) is 13.3 Å². The molecule has 1 atom stereocenters. The zero-order valence-corrected chi connectivity index (χ0v) is 14.1. The highest BCUT2D eigenvalue weighted by Gasteiger charge is 2.36. The number of aliphatic carboxylic acids is 2. The minimum Gasteiger partial charge on any atom is -0.493 e. The summed E-state index contributed by atoms with van der Waals surface area (Å²) in [5.41, 5.74) is -0.0860. The van der Waals surface area contributed by atoms with Crippen LogP contribution in [0.3, 0.4) is 0 Å². The third-order valence-corrected chi connectivity index (χ3v) is 3.98. The number of carboxylic acids is 2. The van der Waals surface area contributed by atoms with Gasteiger partial charge in [0.15, 0.2) is 11.5 Å². The van der Waals surface area contributed by atoms with E-state index in [0.717, 1.165) is 0 Å². The topological polar surface area (TPSA) is 93.1 Å². The van der Waals surface area contributed by atoms with Crippen LogP contribution in [0.2, 0.25) is 0 Å². The molecule has 1 aromatic carbocycles. The van der Waals surface area contributed by atoms with Gasteiger partial charge in [0.1, 0.15) is 6.61 Å². The first kappa shape index (κ1) is 18.3. The van der Waals surface area contributed by atoms with Crippen LogP contribution in [0.15, 0.2) is 48.6 Å². The Morgan fingerprint density at radius 2 is 2.04 bits per heavy atom. The van der Waals surface area contributed by atoms with E-state index in [1.165, 1.54) is 20.1 Å². The molecule has 0 saturated heterocycles. The summed E-state index contributed by atoms with van der Waals surface area (Å²) < 4.78 is 10.8. The van der Waals surface area contributed by atoms with Crippen LogP contribution in [0.5, 0.6) is 11.5 Å². The lowest BCUT2D eigenvalue weighted by atomic mass is 9.76. The second-order valence-electron chi connectivity index (χ2n) is 5.94. The second-order valence-corrected chi connectivity index (χ2v) is 5.94. The molecule has 0 fully saturated rings. The molecule has 0 heterocycles. The molecule has 0 spiro atoms. The van der Waals surface area contributed by atoms with E-state index < -0.39 is 17.4 Å². The maximum absolute atomic E-state index is 11.6. The van der Waals surface area contributed by atoms with E-state index in [9.17, 15) is 19.8 Å². The Hall–Kier alpha value is -3.02. The van der Waals surface area contributed by atoms with Crippen molar-refractivity contribution in [3.05, 3.63) is 54.1 Å². The van der Waals surface area contributed by atoms with Gasteiger partial charge in [-0.1, -0.05) is 24.8 Å². The highest BCUT2D eigenvalue weighted by molar-refractivity contribution is 5.96. The molecule has 1 aliphatic rings. The Balaban J connectivity index is 2.53. The molecule has 0 bridgehead atoms. The number of ether oxygens (including phenoxy) is 2. The molecule has 132 valence electrons. The average molecular weight is 344 g/mol. The Morgan fingerprint density at radius 1 is 1.32 bits per heavy atom. The average Bonchev–Trinajstić information content (AvgIpc) is 2.59. The van der Waals surface area contributed by atoms with Crippen molar-refractivity contribution in [1.82, 2.24) is 0 Å². The van der Waals surface area contributed by atoms with Crippen LogP contribution < -0.4 is 9.47 Å². The number of rotatable bonds is 7. The lowest BCUT2D eigenvalue weighted by Crippen LogP contribution is -2.29. The first-order valence-corrected chi connectivity index (χ1v) is 7.63. The van der Waals surface area contributed by atoms with Crippen LogP contribution in [0, 0.1) is 5.41 Å². The fourth-order valence-electron chi connectivity index (χ4n) is 2.63. The third-order valence-electron chi connectivity index (χ3n) is 3.98. The predicted molar refractivity (Wildman–Crippen MR) is 92.7 cm³/mol. The van der Waals surface area contributed by atoms with Crippen LogP contribution in [-0.2, 0) is 9.59 Å². The van der Waals surface area contributed by atoms with Crippen LogP contribution in [0.4, 0.5) is 0 Å². The molecular formula is C19H20O6. The summed E-state index contributed by atoms with van der Waals surface area (Å²) >= 11 is 0. The van der Waals surface area contributed by atoms with Gasteiger partial charge in [-0.25, -0.2) is 4.79 Å². The van der Waals surface area contributed by atoms with Gasteiger partial charge in [0.2, 0.25) is 0 Å². The van der Waals surface area contributed by atoms with Gasteiger partial charge in [0.05, 0.1) is 12.5 Å². The van der Waals surface area contributed by atoms with E-state index in [2.05, 4.69) is 6.58 Å². The van der Waals surface area contributed by atoms with Crippen molar-refractivity contribution < 1.29 is 29.3 Å². The summed E-state index contributed by atoms with van der Waals surface area (Å²) in [4.78, 5) is 23.0. The minimum atomic E-state index is -1.29. The van der Waals surface area contributed by atoms with Gasteiger partial charge >= 0.3 is 11.9 Å². The summed E-state index contributed by atoms with van der Waals surface area (Å²) in [6.07, 6.45) is 4.58. The van der Waals surface area contributed by atoms with Crippen LogP contribution in [0.1, 0.15) is 18.9 Å². The molecule has 25 heavy (non-hydrogen) atoms. The Labute approximate surface area is 145 Å².